The van der Waals surface area contributed by atoms with Gasteiger partial charge in [0.05, 0.1) is 11.0 Å². The Bertz CT molecular complexity index is 770. The zero-order valence-corrected chi connectivity index (χ0v) is 13.4. The zero-order valence-electron chi connectivity index (χ0n) is 13.4. The number of imidazole rings is 1. The Labute approximate surface area is 137 Å². The molecule has 0 atom stereocenters. The van der Waals surface area contributed by atoms with Crippen LogP contribution < -0.4 is 5.32 Å². The van der Waals surface area contributed by atoms with Gasteiger partial charge in [0.2, 0.25) is 0 Å². The van der Waals surface area contributed by atoms with Gasteiger partial charge >= 0.3 is 0 Å². The second-order valence-corrected chi connectivity index (χ2v) is 6.48. The monoisotopic (exact) mass is 305 g/mol. The average Bonchev–Trinajstić information content (AvgIpc) is 2.94. The summed E-state index contributed by atoms with van der Waals surface area (Å²) in [5, 5.41) is 3.46. The van der Waals surface area contributed by atoms with Crippen molar-refractivity contribution in [2.75, 3.05) is 13.1 Å². The number of benzene rings is 2. The number of nitrogens with one attached hydrogen (secondary N) is 1. The highest BCUT2D eigenvalue weighted by molar-refractivity contribution is 5.76. The topological polar surface area (TPSA) is 29.9 Å². The van der Waals surface area contributed by atoms with Gasteiger partial charge in [0.25, 0.3) is 0 Å². The van der Waals surface area contributed by atoms with Crippen LogP contribution in [0.15, 0.2) is 54.6 Å². The Balaban J connectivity index is 1.69. The molecule has 23 heavy (non-hydrogen) atoms. The molecule has 0 radical (unpaired) electrons. The van der Waals surface area contributed by atoms with Crippen LogP contribution in [0.4, 0.5) is 0 Å². The third kappa shape index (κ3) is 3.15. The smallest absolute Gasteiger partial charge is 0.114 e. The molecule has 1 aromatic heterocycles. The molecule has 3 heteroatoms. The molecule has 1 fully saturated rings. The number of nitrogens with zero attached hydrogens (tertiary/aromatic N) is 2. The van der Waals surface area contributed by atoms with Gasteiger partial charge in [-0.2, -0.15) is 0 Å². The third-order valence-electron chi connectivity index (χ3n) is 4.84. The molecule has 1 aliphatic rings. The fourth-order valence-corrected chi connectivity index (χ4v) is 3.56. The highest BCUT2D eigenvalue weighted by Crippen LogP contribution is 2.23. The van der Waals surface area contributed by atoms with E-state index < -0.39 is 0 Å². The molecule has 0 spiro atoms. The number of hydrogen-bond acceptors (Lipinski definition) is 2. The molecular weight excluding hydrogens is 282 g/mol. The van der Waals surface area contributed by atoms with Gasteiger partial charge in [0.15, 0.2) is 0 Å². The van der Waals surface area contributed by atoms with Gasteiger partial charge in [0.1, 0.15) is 5.82 Å². The van der Waals surface area contributed by atoms with Crippen molar-refractivity contribution in [1.82, 2.24) is 14.9 Å². The number of hydrogen-bond donors (Lipinski definition) is 1. The molecule has 0 amide bonds. The Morgan fingerprint density at radius 2 is 1.70 bits per heavy atom. The molecule has 2 aromatic carbocycles. The van der Waals surface area contributed by atoms with Gasteiger partial charge in [-0.15, -0.1) is 0 Å². The van der Waals surface area contributed by atoms with Gasteiger partial charge < -0.3 is 9.88 Å². The van der Waals surface area contributed by atoms with Crippen molar-refractivity contribution in [1.29, 1.82) is 0 Å². The van der Waals surface area contributed by atoms with Crippen LogP contribution in [0.5, 0.6) is 0 Å². The maximum atomic E-state index is 4.92. The van der Waals surface area contributed by atoms with Crippen molar-refractivity contribution in [3.8, 4) is 0 Å². The van der Waals surface area contributed by atoms with E-state index in [1.165, 1.54) is 29.7 Å². The molecule has 118 valence electrons. The van der Waals surface area contributed by atoms with Crippen LogP contribution >= 0.6 is 0 Å². The quantitative estimate of drug-likeness (QED) is 0.798. The Kier molecular flexibility index (Phi) is 4.12. The number of piperidine rings is 1. The molecule has 3 nitrogen and oxygen atoms in total. The lowest BCUT2D eigenvalue weighted by atomic mass is 9.98. The minimum atomic E-state index is 0.753. The van der Waals surface area contributed by atoms with Crippen molar-refractivity contribution in [2.24, 2.45) is 5.92 Å². The summed E-state index contributed by atoms with van der Waals surface area (Å²) in [6, 6.07) is 19.2. The summed E-state index contributed by atoms with van der Waals surface area (Å²) < 4.78 is 2.46. The summed E-state index contributed by atoms with van der Waals surface area (Å²) in [4.78, 5) is 4.92. The molecule has 2 heterocycles. The van der Waals surface area contributed by atoms with E-state index >= 15 is 0 Å². The normalized spacial score (nSPS) is 16.0. The van der Waals surface area contributed by atoms with Crippen molar-refractivity contribution in [2.45, 2.75) is 25.8 Å². The fraction of sp³-hybridized carbons (Fsp3) is 0.350. The third-order valence-corrected chi connectivity index (χ3v) is 4.84. The second kappa shape index (κ2) is 6.55. The van der Waals surface area contributed by atoms with Crippen LogP contribution in [0.1, 0.15) is 24.2 Å². The van der Waals surface area contributed by atoms with E-state index in [1.54, 1.807) is 0 Å². The molecule has 0 aliphatic carbocycles. The SMILES string of the molecule is c1ccc(Cc2nc3ccccc3n2CC2CCNCC2)cc1. The lowest BCUT2D eigenvalue weighted by Gasteiger charge is -2.24. The van der Waals surface area contributed by atoms with Gasteiger partial charge in [-0.25, -0.2) is 4.98 Å². The van der Waals surface area contributed by atoms with E-state index in [1.807, 2.05) is 0 Å². The van der Waals surface area contributed by atoms with Gasteiger partial charge in [0, 0.05) is 13.0 Å². The fourth-order valence-electron chi connectivity index (χ4n) is 3.56. The highest BCUT2D eigenvalue weighted by Gasteiger charge is 2.18. The predicted molar refractivity (Wildman–Crippen MR) is 94.6 cm³/mol. The van der Waals surface area contributed by atoms with Crippen LogP contribution in [-0.4, -0.2) is 22.6 Å². The predicted octanol–water partition coefficient (Wildman–Crippen LogP) is 3.63. The zero-order chi connectivity index (χ0) is 15.5. The van der Waals surface area contributed by atoms with Gasteiger partial charge in [-0.1, -0.05) is 42.5 Å². The standard InChI is InChI=1S/C20H23N3/c1-2-6-16(7-3-1)14-20-22-18-8-4-5-9-19(18)23(20)15-17-10-12-21-13-11-17/h1-9,17,21H,10-15H2. The largest absolute Gasteiger partial charge is 0.327 e. The first-order valence-electron chi connectivity index (χ1n) is 8.59. The summed E-state index contributed by atoms with van der Waals surface area (Å²) >= 11 is 0. The van der Waals surface area contributed by atoms with Crippen LogP contribution in [0, 0.1) is 5.92 Å². The first-order valence-corrected chi connectivity index (χ1v) is 8.59. The van der Waals surface area contributed by atoms with Crippen LogP contribution in [0.25, 0.3) is 11.0 Å². The molecule has 0 saturated carbocycles. The Morgan fingerprint density at radius 1 is 0.957 bits per heavy atom. The van der Waals surface area contributed by atoms with Crippen molar-refractivity contribution >= 4 is 11.0 Å². The summed E-state index contributed by atoms with van der Waals surface area (Å²) in [5.74, 6) is 1.94. The number of para-hydroxylation sites is 2. The number of rotatable bonds is 4. The van der Waals surface area contributed by atoms with E-state index in [4.69, 9.17) is 4.98 Å². The van der Waals surface area contributed by atoms with Crippen LogP contribution in [-0.2, 0) is 13.0 Å². The minimum Gasteiger partial charge on any atom is -0.327 e. The summed E-state index contributed by atoms with van der Waals surface area (Å²) in [6.07, 6.45) is 3.43. The molecule has 0 bridgehead atoms. The van der Waals surface area contributed by atoms with E-state index in [0.29, 0.717) is 0 Å². The molecule has 1 N–H and O–H groups in total. The maximum Gasteiger partial charge on any atom is 0.114 e. The summed E-state index contributed by atoms with van der Waals surface area (Å²) in [7, 11) is 0. The van der Waals surface area contributed by atoms with Crippen molar-refractivity contribution < 1.29 is 0 Å². The van der Waals surface area contributed by atoms with Crippen LogP contribution in [0.3, 0.4) is 0 Å². The van der Waals surface area contributed by atoms with E-state index in [-0.39, 0.29) is 0 Å². The van der Waals surface area contributed by atoms with E-state index in [2.05, 4.69) is 64.5 Å². The number of fused-ring (bicyclic) bond motifs is 1. The lowest BCUT2D eigenvalue weighted by molar-refractivity contribution is 0.333. The Hall–Kier alpha value is -2.13. The first-order chi connectivity index (χ1) is 11.4. The average molecular weight is 305 g/mol. The Morgan fingerprint density at radius 3 is 2.52 bits per heavy atom. The molecule has 1 aliphatic heterocycles. The van der Waals surface area contributed by atoms with Crippen molar-refractivity contribution in [3.63, 3.8) is 0 Å². The van der Waals surface area contributed by atoms with Gasteiger partial charge in [-0.05, 0) is 49.5 Å². The summed E-state index contributed by atoms with van der Waals surface area (Å²) in [5.41, 5.74) is 3.72. The maximum absolute atomic E-state index is 4.92. The van der Waals surface area contributed by atoms with Gasteiger partial charge in [-0.3, -0.25) is 0 Å². The molecule has 4 rings (SSSR count). The number of aromatic nitrogens is 2. The van der Waals surface area contributed by atoms with Crippen molar-refractivity contribution in [3.05, 3.63) is 66.0 Å². The lowest BCUT2D eigenvalue weighted by Crippen LogP contribution is -2.30. The second-order valence-electron chi connectivity index (χ2n) is 6.48. The molecular formula is C20H23N3. The molecule has 0 unspecified atom stereocenters. The minimum absolute atomic E-state index is 0.753. The molecule has 3 aromatic rings. The first kappa shape index (κ1) is 14.5. The van der Waals surface area contributed by atoms with E-state index in [9.17, 15) is 0 Å². The summed E-state index contributed by atoms with van der Waals surface area (Å²) in [6.45, 7) is 3.38. The van der Waals surface area contributed by atoms with E-state index in [0.717, 1.165) is 37.5 Å². The molecule has 1 saturated heterocycles. The highest BCUT2D eigenvalue weighted by atomic mass is 15.1. The van der Waals surface area contributed by atoms with Crippen LogP contribution in [0.2, 0.25) is 0 Å².